The van der Waals surface area contributed by atoms with E-state index in [1.54, 1.807) is 0 Å². The number of amides is 1. The van der Waals surface area contributed by atoms with Gasteiger partial charge in [0.1, 0.15) is 61.0 Å². The Kier molecular flexibility index (Phi) is 11.6. The molecule has 3 heterocycles. The highest BCUT2D eigenvalue weighted by Gasteiger charge is 2.60. The molecule has 3 aliphatic heterocycles. The Morgan fingerprint density at radius 2 is 1.55 bits per heavy atom. The Labute approximate surface area is 238 Å². The van der Waals surface area contributed by atoms with E-state index in [9.17, 15) is 65.8 Å². The lowest BCUT2D eigenvalue weighted by Gasteiger charge is -2.50. The predicted molar refractivity (Wildman–Crippen MR) is 129 cm³/mol. The molecule has 0 bridgehead atoms. The first-order valence-electron chi connectivity index (χ1n) is 13.1. The number of carbonyl (C=O) groups is 2. The van der Waals surface area contributed by atoms with Crippen molar-refractivity contribution in [1.82, 2.24) is 5.32 Å². The molecule has 19 heteroatoms. The summed E-state index contributed by atoms with van der Waals surface area (Å²) in [4.78, 5) is 24.2. The lowest BCUT2D eigenvalue weighted by Crippen LogP contribution is -2.70. The highest BCUT2D eigenvalue weighted by atomic mass is 16.8. The van der Waals surface area contributed by atoms with Gasteiger partial charge in [0.05, 0.1) is 31.5 Å². The molecule has 1 amide bonds. The van der Waals surface area contributed by atoms with Gasteiger partial charge in [-0.25, -0.2) is 4.79 Å². The first-order valence-corrected chi connectivity index (χ1v) is 13.1. The van der Waals surface area contributed by atoms with E-state index in [4.69, 9.17) is 23.7 Å². The number of carboxylic acids is 1. The van der Waals surface area contributed by atoms with Crippen LogP contribution in [0.2, 0.25) is 0 Å². The molecular weight excluding hydrogens is 578 g/mol. The van der Waals surface area contributed by atoms with Gasteiger partial charge in [0.2, 0.25) is 5.91 Å². The number of aliphatic hydroxyl groups is 10. The zero-order chi connectivity index (χ0) is 31.7. The first-order chi connectivity index (χ1) is 19.6. The summed E-state index contributed by atoms with van der Waals surface area (Å²) in [7, 11) is 0. The highest BCUT2D eigenvalue weighted by molar-refractivity contribution is 5.76. The Morgan fingerprint density at radius 1 is 0.929 bits per heavy atom. The summed E-state index contributed by atoms with van der Waals surface area (Å²) in [6.45, 7) is 0.408. The number of rotatable bonds is 10. The molecule has 3 rings (SSSR count). The maximum absolute atomic E-state index is 12.5. The molecule has 16 atom stereocenters. The molecule has 3 fully saturated rings. The zero-order valence-electron chi connectivity index (χ0n) is 22.6. The van der Waals surface area contributed by atoms with Gasteiger partial charge in [0, 0.05) is 13.3 Å². The van der Waals surface area contributed by atoms with Crippen LogP contribution in [0.4, 0.5) is 0 Å². The third kappa shape index (κ3) is 7.01. The van der Waals surface area contributed by atoms with Crippen molar-refractivity contribution in [3.63, 3.8) is 0 Å². The fourth-order valence-corrected chi connectivity index (χ4v) is 5.11. The molecule has 3 aliphatic rings. The summed E-state index contributed by atoms with van der Waals surface area (Å²) < 4.78 is 27.0. The van der Waals surface area contributed by atoms with Crippen molar-refractivity contribution < 1.29 is 89.4 Å². The van der Waals surface area contributed by atoms with E-state index in [1.165, 1.54) is 0 Å². The molecule has 0 radical (unpaired) electrons. The van der Waals surface area contributed by atoms with E-state index in [-0.39, 0.29) is 0 Å². The molecule has 0 aromatic carbocycles. The van der Waals surface area contributed by atoms with Crippen LogP contribution in [0.15, 0.2) is 0 Å². The quantitative estimate of drug-likeness (QED) is 0.108. The standard InChI is InChI=1S/C23H39NO18/c1-6(27)12(30)18-11(24-7(2)28)8(29)3-23(41-18,22(36)37)42-19-13(31)9(4-25)39-21(16(19)34)40-17-10(5-26)38-20(35)15(33)14(17)32/h6,8-21,25-27,29-35H,3-5H2,1-2H3,(H,24,28)(H,36,37)/t6-,8+,9-,10-,11-,12-,13+,14-,15-,16-,17-,18-,19+,20-,21+,23+/m1/s1. The summed E-state index contributed by atoms with van der Waals surface area (Å²) in [5.74, 6) is -5.55. The Balaban J connectivity index is 1.94. The third-order valence-corrected chi connectivity index (χ3v) is 7.38. The van der Waals surface area contributed by atoms with Gasteiger partial charge >= 0.3 is 5.97 Å². The SMILES string of the molecule is CC(=O)N[C@H]1[C@H]([C@H](O)[C@@H](C)O)O[C@@](O[C@H]2[C@@H](O)[C@@H](CO)O[C@@H](O[C@H]3[C@H](O)[C@@H](O)[C@H](O)O[C@@H]3CO)[C@@H]2O)(C(=O)O)C[C@@H]1O. The van der Waals surface area contributed by atoms with E-state index in [0.29, 0.717) is 0 Å². The fraction of sp³-hybridized carbons (Fsp3) is 0.913. The smallest absolute Gasteiger partial charge is 0.364 e. The number of aliphatic hydroxyl groups excluding tert-OH is 10. The molecule has 42 heavy (non-hydrogen) atoms. The van der Waals surface area contributed by atoms with E-state index < -0.39 is 129 Å². The summed E-state index contributed by atoms with van der Waals surface area (Å²) in [5, 5.41) is 115. The van der Waals surface area contributed by atoms with Crippen LogP contribution < -0.4 is 5.32 Å². The van der Waals surface area contributed by atoms with Crippen LogP contribution >= 0.6 is 0 Å². The molecule has 19 nitrogen and oxygen atoms in total. The summed E-state index contributed by atoms with van der Waals surface area (Å²) >= 11 is 0. The first kappa shape index (κ1) is 34.8. The normalized spacial score (nSPS) is 46.0. The largest absolute Gasteiger partial charge is 0.477 e. The lowest BCUT2D eigenvalue weighted by molar-refractivity contribution is -0.385. The second-order valence-electron chi connectivity index (χ2n) is 10.5. The molecule has 0 spiro atoms. The van der Waals surface area contributed by atoms with Crippen molar-refractivity contribution in [2.45, 2.75) is 118 Å². The van der Waals surface area contributed by atoms with Crippen molar-refractivity contribution in [3.8, 4) is 0 Å². The molecule has 0 saturated carbocycles. The molecule has 0 aromatic rings. The van der Waals surface area contributed by atoms with Gasteiger partial charge in [0.15, 0.2) is 12.6 Å². The van der Waals surface area contributed by atoms with Gasteiger partial charge in [-0.2, -0.15) is 0 Å². The van der Waals surface area contributed by atoms with Crippen LogP contribution in [0.3, 0.4) is 0 Å². The van der Waals surface area contributed by atoms with Crippen molar-refractivity contribution in [2.24, 2.45) is 0 Å². The van der Waals surface area contributed by atoms with Crippen LogP contribution in [0.25, 0.3) is 0 Å². The minimum atomic E-state index is -2.94. The molecule has 0 unspecified atom stereocenters. The maximum Gasteiger partial charge on any atom is 0.364 e. The number of carbonyl (C=O) groups excluding carboxylic acids is 1. The molecule has 0 aromatic heterocycles. The monoisotopic (exact) mass is 617 g/mol. The Morgan fingerprint density at radius 3 is 2.07 bits per heavy atom. The summed E-state index contributed by atoms with van der Waals surface area (Å²) in [6, 6.07) is -1.43. The van der Waals surface area contributed by atoms with Gasteiger partial charge < -0.3 is 85.2 Å². The van der Waals surface area contributed by atoms with Crippen molar-refractivity contribution in [3.05, 3.63) is 0 Å². The number of carboxylic acid groups (broad SMARTS) is 1. The van der Waals surface area contributed by atoms with Crippen LogP contribution in [0.5, 0.6) is 0 Å². The van der Waals surface area contributed by atoms with Gasteiger partial charge in [-0.1, -0.05) is 0 Å². The fourth-order valence-electron chi connectivity index (χ4n) is 5.11. The number of hydrogen-bond acceptors (Lipinski definition) is 17. The van der Waals surface area contributed by atoms with Crippen molar-refractivity contribution >= 4 is 11.9 Å². The molecule has 3 saturated heterocycles. The lowest BCUT2D eigenvalue weighted by atomic mass is 9.88. The van der Waals surface area contributed by atoms with Gasteiger partial charge in [-0.3, -0.25) is 4.79 Å². The molecular formula is C23H39NO18. The minimum absolute atomic E-state index is 0.692. The number of hydrogen-bond donors (Lipinski definition) is 12. The second-order valence-corrected chi connectivity index (χ2v) is 10.5. The number of ether oxygens (including phenoxy) is 5. The minimum Gasteiger partial charge on any atom is -0.477 e. The third-order valence-electron chi connectivity index (χ3n) is 7.38. The van der Waals surface area contributed by atoms with Gasteiger partial charge in [-0.15, -0.1) is 0 Å². The predicted octanol–water partition coefficient (Wildman–Crippen LogP) is -7.20. The number of aliphatic carboxylic acids is 1. The van der Waals surface area contributed by atoms with Crippen molar-refractivity contribution in [1.29, 1.82) is 0 Å². The summed E-state index contributed by atoms with van der Waals surface area (Å²) in [6.07, 6.45) is -26.6. The summed E-state index contributed by atoms with van der Waals surface area (Å²) in [5.41, 5.74) is 0. The average Bonchev–Trinajstić information content (AvgIpc) is 2.92. The highest BCUT2D eigenvalue weighted by Crippen LogP contribution is 2.38. The Hall–Kier alpha value is -1.66. The zero-order valence-corrected chi connectivity index (χ0v) is 22.6. The van der Waals surface area contributed by atoms with Crippen LogP contribution in [-0.4, -0.2) is 179 Å². The van der Waals surface area contributed by atoms with E-state index in [1.807, 2.05) is 0 Å². The topological polar surface area (TPSA) is 315 Å². The average molecular weight is 618 g/mol. The van der Waals surface area contributed by atoms with Gasteiger partial charge in [0.25, 0.3) is 5.79 Å². The molecule has 0 aliphatic carbocycles. The van der Waals surface area contributed by atoms with Crippen molar-refractivity contribution in [2.75, 3.05) is 13.2 Å². The van der Waals surface area contributed by atoms with E-state index >= 15 is 0 Å². The Bertz CT molecular complexity index is 924. The maximum atomic E-state index is 12.5. The molecule has 244 valence electrons. The van der Waals surface area contributed by atoms with E-state index in [0.717, 1.165) is 13.8 Å². The van der Waals surface area contributed by atoms with Crippen LogP contribution in [0, 0.1) is 0 Å². The number of nitrogens with one attached hydrogen (secondary N) is 1. The van der Waals surface area contributed by atoms with Crippen LogP contribution in [0.1, 0.15) is 20.3 Å². The van der Waals surface area contributed by atoms with E-state index in [2.05, 4.69) is 5.32 Å². The molecule has 12 N–H and O–H groups in total. The second kappa shape index (κ2) is 14.0. The van der Waals surface area contributed by atoms with Gasteiger partial charge in [-0.05, 0) is 6.92 Å². The van der Waals surface area contributed by atoms with Crippen LogP contribution in [-0.2, 0) is 33.3 Å².